The molecule has 0 bridgehead atoms. The van der Waals surface area contributed by atoms with Crippen LogP contribution in [0.1, 0.15) is 40.9 Å². The highest BCUT2D eigenvalue weighted by atomic mass is 32.2. The molecule has 168 valence electrons. The summed E-state index contributed by atoms with van der Waals surface area (Å²) in [6.45, 7) is 6.71. The van der Waals surface area contributed by atoms with Crippen LogP contribution < -0.4 is 9.47 Å². The van der Waals surface area contributed by atoms with E-state index in [2.05, 4.69) is 0 Å². The standard InChI is InChI=1S/C25H26O6S/c1-14-11-16(12-15(2)22(14)31-25(3,4)24(27)28)7-9-19(26)17-8-10-20(32-6)18-13-21(29-5)30-23(17)18/h7-13H,1-6H3,(H,27,28)/b9-7+. The molecular formula is C25H26O6S. The maximum Gasteiger partial charge on any atom is 0.347 e. The minimum Gasteiger partial charge on any atom is -0.478 e. The van der Waals surface area contributed by atoms with Crippen LogP contribution in [-0.2, 0) is 4.79 Å². The van der Waals surface area contributed by atoms with Crippen LogP contribution in [0.15, 0.2) is 45.7 Å². The van der Waals surface area contributed by atoms with Crippen molar-refractivity contribution in [3.05, 3.63) is 58.7 Å². The Bertz CT molecular complexity index is 1200. The topological polar surface area (TPSA) is 86.0 Å². The SMILES string of the molecule is COc1cc2c(SC)ccc(C(=O)/C=C/c3cc(C)c(OC(C)(C)C(=O)O)c(C)c3)c2o1. The quantitative estimate of drug-likeness (QED) is 0.257. The van der Waals surface area contributed by atoms with Crippen molar-refractivity contribution in [2.75, 3.05) is 13.4 Å². The van der Waals surface area contributed by atoms with E-state index in [9.17, 15) is 14.7 Å². The molecule has 1 heterocycles. The van der Waals surface area contributed by atoms with Gasteiger partial charge in [0.15, 0.2) is 17.0 Å². The Hall–Kier alpha value is -3.19. The summed E-state index contributed by atoms with van der Waals surface area (Å²) in [6.07, 6.45) is 5.19. The van der Waals surface area contributed by atoms with Crippen molar-refractivity contribution in [2.24, 2.45) is 0 Å². The van der Waals surface area contributed by atoms with Crippen molar-refractivity contribution < 1.29 is 28.6 Å². The van der Waals surface area contributed by atoms with Crippen molar-refractivity contribution >= 4 is 40.6 Å². The predicted molar refractivity (Wildman–Crippen MR) is 126 cm³/mol. The zero-order chi connectivity index (χ0) is 23.6. The number of aryl methyl sites for hydroxylation is 2. The zero-order valence-corrected chi connectivity index (χ0v) is 19.8. The molecule has 0 unspecified atom stereocenters. The smallest absolute Gasteiger partial charge is 0.347 e. The predicted octanol–water partition coefficient (Wildman–Crippen LogP) is 5.92. The molecule has 0 aliphatic heterocycles. The van der Waals surface area contributed by atoms with Gasteiger partial charge in [-0.1, -0.05) is 6.08 Å². The molecular weight excluding hydrogens is 428 g/mol. The molecule has 32 heavy (non-hydrogen) atoms. The summed E-state index contributed by atoms with van der Waals surface area (Å²) in [5, 5.41) is 10.2. The molecule has 0 atom stereocenters. The van der Waals surface area contributed by atoms with Crippen LogP contribution in [0.2, 0.25) is 0 Å². The average molecular weight is 455 g/mol. The van der Waals surface area contributed by atoms with Gasteiger partial charge in [0.1, 0.15) is 5.75 Å². The van der Waals surface area contributed by atoms with Crippen LogP contribution in [0.4, 0.5) is 0 Å². The highest BCUT2D eigenvalue weighted by Crippen LogP contribution is 2.35. The lowest BCUT2D eigenvalue weighted by molar-refractivity contribution is -0.152. The van der Waals surface area contributed by atoms with Crippen LogP contribution in [-0.4, -0.2) is 35.8 Å². The highest BCUT2D eigenvalue weighted by molar-refractivity contribution is 7.98. The minimum absolute atomic E-state index is 0.192. The minimum atomic E-state index is -1.35. The van der Waals surface area contributed by atoms with Crippen LogP contribution >= 0.6 is 11.8 Å². The summed E-state index contributed by atoms with van der Waals surface area (Å²) in [5.41, 5.74) is 1.98. The summed E-state index contributed by atoms with van der Waals surface area (Å²) in [5.74, 6) is -0.356. The van der Waals surface area contributed by atoms with E-state index in [0.29, 0.717) is 22.8 Å². The van der Waals surface area contributed by atoms with Gasteiger partial charge in [-0.15, -0.1) is 11.8 Å². The lowest BCUT2D eigenvalue weighted by Gasteiger charge is -2.24. The fourth-order valence-electron chi connectivity index (χ4n) is 3.35. The van der Waals surface area contributed by atoms with Gasteiger partial charge in [-0.3, -0.25) is 4.79 Å². The van der Waals surface area contributed by atoms with E-state index in [-0.39, 0.29) is 5.78 Å². The number of rotatable bonds is 8. The van der Waals surface area contributed by atoms with Crippen LogP contribution in [0.5, 0.6) is 11.7 Å². The van der Waals surface area contributed by atoms with Crippen LogP contribution in [0.25, 0.3) is 17.0 Å². The number of carboxylic acids is 1. The third-order valence-corrected chi connectivity index (χ3v) is 5.89. The highest BCUT2D eigenvalue weighted by Gasteiger charge is 2.30. The summed E-state index contributed by atoms with van der Waals surface area (Å²) < 4.78 is 16.7. The summed E-state index contributed by atoms with van der Waals surface area (Å²) >= 11 is 1.57. The fraction of sp³-hybridized carbons (Fsp3) is 0.280. The van der Waals surface area contributed by atoms with E-state index in [4.69, 9.17) is 13.9 Å². The zero-order valence-electron chi connectivity index (χ0n) is 18.9. The molecule has 0 aliphatic rings. The number of furan rings is 1. The van der Waals surface area contributed by atoms with Crippen molar-refractivity contribution in [1.82, 2.24) is 0 Å². The molecule has 0 amide bonds. The van der Waals surface area contributed by atoms with E-state index < -0.39 is 11.6 Å². The van der Waals surface area contributed by atoms with E-state index in [0.717, 1.165) is 27.0 Å². The molecule has 0 spiro atoms. The first-order valence-corrected chi connectivity index (χ1v) is 11.2. The van der Waals surface area contributed by atoms with Gasteiger partial charge in [0.25, 0.3) is 5.95 Å². The van der Waals surface area contributed by atoms with Gasteiger partial charge in [0.05, 0.1) is 12.7 Å². The second kappa shape index (κ2) is 9.12. The number of aliphatic carboxylic acids is 1. The Balaban J connectivity index is 1.91. The Kier molecular flexibility index (Phi) is 6.69. The van der Waals surface area contributed by atoms with Gasteiger partial charge < -0.3 is 19.0 Å². The number of thioether (sulfide) groups is 1. The number of hydrogen-bond donors (Lipinski definition) is 1. The summed E-state index contributed by atoms with van der Waals surface area (Å²) in [7, 11) is 1.52. The van der Waals surface area contributed by atoms with Crippen LogP contribution in [0.3, 0.4) is 0 Å². The first kappa shape index (κ1) is 23.5. The van der Waals surface area contributed by atoms with E-state index in [1.54, 1.807) is 30.0 Å². The van der Waals surface area contributed by atoms with E-state index in [1.165, 1.54) is 27.0 Å². The van der Waals surface area contributed by atoms with Gasteiger partial charge in [-0.2, -0.15) is 0 Å². The molecule has 7 heteroatoms. The molecule has 0 radical (unpaired) electrons. The molecule has 1 aromatic heterocycles. The van der Waals surface area contributed by atoms with Crippen molar-refractivity contribution in [3.63, 3.8) is 0 Å². The average Bonchev–Trinajstić information content (AvgIpc) is 3.18. The number of carbonyl (C=O) groups is 2. The molecule has 1 N–H and O–H groups in total. The number of hydrogen-bond acceptors (Lipinski definition) is 6. The lowest BCUT2D eigenvalue weighted by Crippen LogP contribution is -2.38. The normalized spacial score (nSPS) is 11.8. The summed E-state index contributed by atoms with van der Waals surface area (Å²) in [6, 6.07) is 9.14. The number of benzene rings is 2. The number of carbonyl (C=O) groups excluding carboxylic acids is 1. The number of methoxy groups -OCH3 is 1. The molecule has 0 fully saturated rings. The Labute approximate surface area is 191 Å². The van der Waals surface area contributed by atoms with Gasteiger partial charge in [-0.05, 0) is 81.0 Å². The lowest BCUT2D eigenvalue weighted by atomic mass is 10.0. The number of fused-ring (bicyclic) bond motifs is 1. The maximum atomic E-state index is 12.9. The molecule has 3 aromatic rings. The molecule has 2 aromatic carbocycles. The number of ether oxygens (including phenoxy) is 2. The van der Waals surface area contributed by atoms with Crippen molar-refractivity contribution in [1.29, 1.82) is 0 Å². The Morgan fingerprint density at radius 2 is 1.78 bits per heavy atom. The monoisotopic (exact) mass is 454 g/mol. The van der Waals surface area contributed by atoms with Gasteiger partial charge in [0, 0.05) is 16.3 Å². The van der Waals surface area contributed by atoms with Crippen molar-refractivity contribution in [3.8, 4) is 11.7 Å². The number of carboxylic acid groups (broad SMARTS) is 1. The second-order valence-corrected chi connectivity index (χ2v) is 8.77. The van der Waals surface area contributed by atoms with Gasteiger partial charge in [-0.25, -0.2) is 4.79 Å². The largest absolute Gasteiger partial charge is 0.478 e. The molecule has 0 saturated heterocycles. The van der Waals surface area contributed by atoms with Gasteiger partial charge >= 0.3 is 5.97 Å². The maximum absolute atomic E-state index is 12.9. The molecule has 0 saturated carbocycles. The van der Waals surface area contributed by atoms with E-state index >= 15 is 0 Å². The number of allylic oxidation sites excluding steroid dienone is 1. The molecule has 3 rings (SSSR count). The Morgan fingerprint density at radius 3 is 2.34 bits per heavy atom. The summed E-state index contributed by atoms with van der Waals surface area (Å²) in [4.78, 5) is 25.3. The number of ketones is 1. The van der Waals surface area contributed by atoms with E-state index in [1.807, 2.05) is 38.3 Å². The first-order chi connectivity index (χ1) is 15.1. The molecule has 6 nitrogen and oxygen atoms in total. The third-order valence-electron chi connectivity index (χ3n) is 5.09. The molecule has 0 aliphatic carbocycles. The van der Waals surface area contributed by atoms with Gasteiger partial charge in [0.2, 0.25) is 0 Å². The van der Waals surface area contributed by atoms with Crippen LogP contribution in [0, 0.1) is 13.8 Å². The second-order valence-electron chi connectivity index (χ2n) is 7.93. The Morgan fingerprint density at radius 1 is 1.12 bits per heavy atom. The van der Waals surface area contributed by atoms with Crippen molar-refractivity contribution in [2.45, 2.75) is 38.2 Å². The first-order valence-electron chi connectivity index (χ1n) is 9.98. The fourth-order valence-corrected chi connectivity index (χ4v) is 3.93. The third kappa shape index (κ3) is 4.67.